The summed E-state index contributed by atoms with van der Waals surface area (Å²) in [5.41, 5.74) is 0.348. The van der Waals surface area contributed by atoms with Gasteiger partial charge in [0.05, 0.1) is 0 Å². The molecule has 13 heavy (non-hydrogen) atoms. The van der Waals surface area contributed by atoms with Crippen molar-refractivity contribution in [3.8, 4) is 0 Å². The average molecular weight is 183 g/mol. The molecule has 1 saturated heterocycles. The van der Waals surface area contributed by atoms with Gasteiger partial charge >= 0.3 is 0 Å². The van der Waals surface area contributed by atoms with Crippen LogP contribution in [0.3, 0.4) is 0 Å². The van der Waals surface area contributed by atoms with E-state index in [9.17, 15) is 5.11 Å². The summed E-state index contributed by atoms with van der Waals surface area (Å²) >= 11 is 0. The SMILES string of the molecule is CN1CCC(C2(CO)CCC2)CC1. The Morgan fingerprint density at radius 1 is 1.31 bits per heavy atom. The van der Waals surface area contributed by atoms with Crippen molar-refractivity contribution in [2.24, 2.45) is 11.3 Å². The lowest BCUT2D eigenvalue weighted by atomic mass is 9.59. The van der Waals surface area contributed by atoms with Gasteiger partial charge in [-0.15, -0.1) is 0 Å². The summed E-state index contributed by atoms with van der Waals surface area (Å²) < 4.78 is 0. The molecule has 2 fully saturated rings. The van der Waals surface area contributed by atoms with E-state index in [0.717, 1.165) is 5.92 Å². The Morgan fingerprint density at radius 2 is 1.92 bits per heavy atom. The lowest BCUT2D eigenvalue weighted by Gasteiger charge is -2.49. The first-order chi connectivity index (χ1) is 6.27. The Bertz CT molecular complexity index is 163. The lowest BCUT2D eigenvalue weighted by Crippen LogP contribution is -2.45. The van der Waals surface area contributed by atoms with Crippen LogP contribution >= 0.6 is 0 Å². The predicted octanol–water partition coefficient (Wildman–Crippen LogP) is 1.49. The molecule has 1 aliphatic carbocycles. The second kappa shape index (κ2) is 3.58. The maximum absolute atomic E-state index is 9.44. The highest BCUT2D eigenvalue weighted by Gasteiger charge is 2.43. The van der Waals surface area contributed by atoms with E-state index in [-0.39, 0.29) is 0 Å². The van der Waals surface area contributed by atoms with Crippen molar-refractivity contribution in [2.75, 3.05) is 26.7 Å². The third kappa shape index (κ3) is 1.62. The molecule has 0 atom stereocenters. The molecule has 0 bridgehead atoms. The van der Waals surface area contributed by atoms with Gasteiger partial charge in [-0.1, -0.05) is 6.42 Å². The number of nitrogens with zero attached hydrogens (tertiary/aromatic N) is 1. The molecular formula is C11H21NO. The molecule has 1 aliphatic heterocycles. The number of hydrogen-bond donors (Lipinski definition) is 1. The molecular weight excluding hydrogens is 162 g/mol. The Labute approximate surface area is 80.9 Å². The van der Waals surface area contributed by atoms with Crippen molar-refractivity contribution in [3.05, 3.63) is 0 Å². The van der Waals surface area contributed by atoms with E-state index in [1.165, 1.54) is 45.2 Å². The monoisotopic (exact) mass is 183 g/mol. The smallest absolute Gasteiger partial charge is 0.0490 e. The minimum Gasteiger partial charge on any atom is -0.396 e. The lowest BCUT2D eigenvalue weighted by molar-refractivity contribution is -0.0362. The predicted molar refractivity (Wildman–Crippen MR) is 53.6 cm³/mol. The summed E-state index contributed by atoms with van der Waals surface area (Å²) in [4.78, 5) is 2.40. The Morgan fingerprint density at radius 3 is 2.31 bits per heavy atom. The van der Waals surface area contributed by atoms with Gasteiger partial charge in [-0.3, -0.25) is 0 Å². The molecule has 2 aliphatic rings. The normalized spacial score (nSPS) is 30.0. The van der Waals surface area contributed by atoms with Gasteiger partial charge in [0, 0.05) is 6.61 Å². The van der Waals surface area contributed by atoms with Crippen LogP contribution in [-0.4, -0.2) is 36.8 Å². The first-order valence-electron chi connectivity index (χ1n) is 5.56. The second-order valence-electron chi connectivity index (χ2n) is 4.95. The van der Waals surface area contributed by atoms with Crippen LogP contribution in [0.4, 0.5) is 0 Å². The molecule has 1 N–H and O–H groups in total. The van der Waals surface area contributed by atoms with Crippen molar-refractivity contribution in [2.45, 2.75) is 32.1 Å². The van der Waals surface area contributed by atoms with E-state index in [0.29, 0.717) is 12.0 Å². The van der Waals surface area contributed by atoms with Crippen LogP contribution < -0.4 is 0 Å². The largest absolute Gasteiger partial charge is 0.396 e. The molecule has 0 aromatic carbocycles. The third-order valence-corrected chi connectivity index (χ3v) is 4.25. The molecule has 1 heterocycles. The molecule has 2 heteroatoms. The minimum atomic E-state index is 0.348. The van der Waals surface area contributed by atoms with E-state index in [2.05, 4.69) is 11.9 Å². The number of aliphatic hydroxyl groups excluding tert-OH is 1. The van der Waals surface area contributed by atoms with Gasteiger partial charge in [0.15, 0.2) is 0 Å². The second-order valence-corrected chi connectivity index (χ2v) is 4.95. The van der Waals surface area contributed by atoms with E-state index < -0.39 is 0 Å². The summed E-state index contributed by atoms with van der Waals surface area (Å²) in [6.07, 6.45) is 6.50. The Kier molecular flexibility index (Phi) is 2.61. The van der Waals surface area contributed by atoms with Gasteiger partial charge in [-0.25, -0.2) is 0 Å². The van der Waals surface area contributed by atoms with Gasteiger partial charge in [0.2, 0.25) is 0 Å². The van der Waals surface area contributed by atoms with Crippen LogP contribution in [0, 0.1) is 11.3 Å². The van der Waals surface area contributed by atoms with Crippen molar-refractivity contribution < 1.29 is 5.11 Å². The fourth-order valence-corrected chi connectivity index (χ4v) is 2.95. The molecule has 0 spiro atoms. The highest BCUT2D eigenvalue weighted by molar-refractivity contribution is 4.94. The van der Waals surface area contributed by atoms with Gasteiger partial charge in [0.1, 0.15) is 0 Å². The van der Waals surface area contributed by atoms with Crippen LogP contribution in [0.15, 0.2) is 0 Å². The van der Waals surface area contributed by atoms with Gasteiger partial charge in [-0.05, 0) is 57.2 Å². The van der Waals surface area contributed by atoms with Crippen LogP contribution in [0.25, 0.3) is 0 Å². The third-order valence-electron chi connectivity index (χ3n) is 4.25. The topological polar surface area (TPSA) is 23.5 Å². The summed E-state index contributed by atoms with van der Waals surface area (Å²) in [5, 5.41) is 9.44. The quantitative estimate of drug-likeness (QED) is 0.701. The van der Waals surface area contributed by atoms with Crippen LogP contribution in [-0.2, 0) is 0 Å². The maximum Gasteiger partial charge on any atom is 0.0490 e. The molecule has 0 amide bonds. The maximum atomic E-state index is 9.44. The molecule has 2 rings (SSSR count). The number of aliphatic hydroxyl groups is 1. The molecule has 0 aromatic rings. The van der Waals surface area contributed by atoms with Crippen LogP contribution in [0.1, 0.15) is 32.1 Å². The van der Waals surface area contributed by atoms with Gasteiger partial charge in [-0.2, -0.15) is 0 Å². The zero-order valence-electron chi connectivity index (χ0n) is 8.63. The summed E-state index contributed by atoms with van der Waals surface area (Å²) in [5.74, 6) is 0.808. The highest BCUT2D eigenvalue weighted by atomic mass is 16.3. The van der Waals surface area contributed by atoms with Crippen molar-refractivity contribution in [1.82, 2.24) is 4.90 Å². The van der Waals surface area contributed by atoms with Crippen LogP contribution in [0.2, 0.25) is 0 Å². The molecule has 0 radical (unpaired) electrons. The average Bonchev–Trinajstić information content (AvgIpc) is 2.07. The molecule has 1 saturated carbocycles. The minimum absolute atomic E-state index is 0.348. The molecule has 76 valence electrons. The Balaban J connectivity index is 1.92. The summed E-state index contributed by atoms with van der Waals surface area (Å²) in [6.45, 7) is 2.89. The van der Waals surface area contributed by atoms with Gasteiger partial charge in [0.25, 0.3) is 0 Å². The number of piperidine rings is 1. The van der Waals surface area contributed by atoms with Crippen molar-refractivity contribution in [3.63, 3.8) is 0 Å². The number of hydrogen-bond acceptors (Lipinski definition) is 2. The molecule has 0 aromatic heterocycles. The molecule has 0 unspecified atom stereocenters. The Hall–Kier alpha value is -0.0800. The summed E-state index contributed by atoms with van der Waals surface area (Å²) in [7, 11) is 2.20. The number of likely N-dealkylation sites (tertiary alicyclic amines) is 1. The summed E-state index contributed by atoms with van der Waals surface area (Å²) in [6, 6.07) is 0. The van der Waals surface area contributed by atoms with E-state index >= 15 is 0 Å². The zero-order chi connectivity index (χ0) is 9.31. The van der Waals surface area contributed by atoms with E-state index in [4.69, 9.17) is 0 Å². The van der Waals surface area contributed by atoms with E-state index in [1.54, 1.807) is 0 Å². The fourth-order valence-electron chi connectivity index (χ4n) is 2.95. The zero-order valence-corrected chi connectivity index (χ0v) is 8.63. The van der Waals surface area contributed by atoms with Crippen LogP contribution in [0.5, 0.6) is 0 Å². The van der Waals surface area contributed by atoms with Crippen molar-refractivity contribution in [1.29, 1.82) is 0 Å². The standard InChI is InChI=1S/C11H21NO/c1-12-7-3-10(4-8-12)11(9-13)5-2-6-11/h10,13H,2-9H2,1H3. The molecule has 2 nitrogen and oxygen atoms in total. The highest BCUT2D eigenvalue weighted by Crippen LogP contribution is 2.50. The van der Waals surface area contributed by atoms with E-state index in [1.807, 2.05) is 0 Å². The first-order valence-corrected chi connectivity index (χ1v) is 5.56. The number of rotatable bonds is 2. The fraction of sp³-hybridized carbons (Fsp3) is 1.00. The first kappa shape index (κ1) is 9.47. The van der Waals surface area contributed by atoms with Crippen molar-refractivity contribution >= 4 is 0 Å². The van der Waals surface area contributed by atoms with Gasteiger partial charge < -0.3 is 10.0 Å².